The van der Waals surface area contributed by atoms with Crippen LogP contribution >= 0.6 is 0 Å². The van der Waals surface area contributed by atoms with Crippen LogP contribution in [0.15, 0.2) is 36.4 Å². The summed E-state index contributed by atoms with van der Waals surface area (Å²) in [7, 11) is 1.27. The van der Waals surface area contributed by atoms with Gasteiger partial charge in [-0.2, -0.15) is 0 Å². The van der Waals surface area contributed by atoms with E-state index in [2.05, 4.69) is 10.1 Å². The van der Waals surface area contributed by atoms with Crippen molar-refractivity contribution in [1.29, 1.82) is 0 Å². The summed E-state index contributed by atoms with van der Waals surface area (Å²) in [6.45, 7) is -0.326. The molecule has 1 aliphatic heterocycles. The van der Waals surface area contributed by atoms with Crippen LogP contribution in [0.4, 0.5) is 5.69 Å². The van der Waals surface area contributed by atoms with Crippen LogP contribution in [0, 0.1) is 11.8 Å². The average molecular weight is 342 g/mol. The van der Waals surface area contributed by atoms with Gasteiger partial charge < -0.3 is 10.1 Å². The van der Waals surface area contributed by atoms with E-state index >= 15 is 0 Å². The molecule has 0 aromatic heterocycles. The van der Waals surface area contributed by atoms with E-state index < -0.39 is 11.9 Å². The summed E-state index contributed by atoms with van der Waals surface area (Å²) in [5, 5.41) is 2.60. The normalized spacial score (nSPS) is 21.9. The predicted molar refractivity (Wildman–Crippen MR) is 88.5 cm³/mol. The second-order valence-electron chi connectivity index (χ2n) is 6.04. The van der Waals surface area contributed by atoms with Crippen molar-refractivity contribution in [2.75, 3.05) is 19.0 Å². The SMILES string of the molecule is COC(=O)c1cccc(NC(=O)CN2C(=O)[C@@H]3CC=CC[C@H]3C2=O)c1. The minimum absolute atomic E-state index is 0.294. The van der Waals surface area contributed by atoms with Gasteiger partial charge in [-0.3, -0.25) is 19.3 Å². The van der Waals surface area contributed by atoms with Crippen molar-refractivity contribution in [2.45, 2.75) is 12.8 Å². The number of likely N-dealkylation sites (tertiary alicyclic amines) is 1. The molecule has 1 saturated heterocycles. The zero-order valence-corrected chi connectivity index (χ0v) is 13.7. The number of ether oxygens (including phenoxy) is 1. The highest BCUT2D eigenvalue weighted by molar-refractivity contribution is 6.09. The van der Waals surface area contributed by atoms with Gasteiger partial charge in [0.1, 0.15) is 6.54 Å². The fourth-order valence-electron chi connectivity index (χ4n) is 3.21. The van der Waals surface area contributed by atoms with Crippen molar-refractivity contribution in [2.24, 2.45) is 11.8 Å². The van der Waals surface area contributed by atoms with Crippen LogP contribution < -0.4 is 5.32 Å². The van der Waals surface area contributed by atoms with Crippen LogP contribution in [0.25, 0.3) is 0 Å². The van der Waals surface area contributed by atoms with Crippen molar-refractivity contribution in [3.05, 3.63) is 42.0 Å². The Morgan fingerprint density at radius 2 is 1.80 bits per heavy atom. The molecule has 3 amide bonds. The number of carbonyl (C=O) groups excluding carboxylic acids is 4. The first kappa shape index (κ1) is 16.9. The molecule has 0 spiro atoms. The lowest BCUT2D eigenvalue weighted by Crippen LogP contribution is -2.38. The van der Waals surface area contributed by atoms with E-state index in [0.29, 0.717) is 24.1 Å². The summed E-state index contributed by atoms with van der Waals surface area (Å²) in [4.78, 5) is 49.5. The van der Waals surface area contributed by atoms with Gasteiger partial charge in [0.25, 0.3) is 0 Å². The molecule has 2 atom stereocenters. The quantitative estimate of drug-likeness (QED) is 0.507. The largest absolute Gasteiger partial charge is 0.465 e. The summed E-state index contributed by atoms with van der Waals surface area (Å²) in [6.07, 6.45) is 4.87. The monoisotopic (exact) mass is 342 g/mol. The van der Waals surface area contributed by atoms with Crippen molar-refractivity contribution >= 4 is 29.4 Å². The molecular formula is C18H18N2O5. The molecule has 7 nitrogen and oxygen atoms in total. The Labute approximate surface area is 144 Å². The molecule has 7 heteroatoms. The summed E-state index contributed by atoms with van der Waals surface area (Å²) < 4.78 is 4.63. The molecule has 3 rings (SSSR count). The van der Waals surface area contributed by atoms with Gasteiger partial charge in [-0.1, -0.05) is 18.2 Å². The second-order valence-corrected chi connectivity index (χ2v) is 6.04. The van der Waals surface area contributed by atoms with Crippen LogP contribution in [-0.4, -0.2) is 42.2 Å². The number of hydrogen-bond donors (Lipinski definition) is 1. The second kappa shape index (κ2) is 6.88. The van der Waals surface area contributed by atoms with Gasteiger partial charge in [-0.25, -0.2) is 4.79 Å². The van der Waals surface area contributed by atoms with Gasteiger partial charge in [0, 0.05) is 5.69 Å². The van der Waals surface area contributed by atoms with Crippen LogP contribution in [0.2, 0.25) is 0 Å². The van der Waals surface area contributed by atoms with Crippen molar-refractivity contribution in [3.8, 4) is 0 Å². The maximum absolute atomic E-state index is 12.4. The van der Waals surface area contributed by atoms with Gasteiger partial charge in [-0.15, -0.1) is 0 Å². The minimum atomic E-state index is -0.516. The summed E-state index contributed by atoms with van der Waals surface area (Å²) in [5.41, 5.74) is 0.691. The first-order valence-electron chi connectivity index (χ1n) is 7.99. The number of nitrogens with one attached hydrogen (secondary N) is 1. The number of allylic oxidation sites excluding steroid dienone is 2. The maximum Gasteiger partial charge on any atom is 0.337 e. The number of amides is 3. The molecule has 2 aliphatic rings. The Balaban J connectivity index is 1.66. The van der Waals surface area contributed by atoms with E-state index in [4.69, 9.17) is 0 Å². The third-order valence-electron chi connectivity index (χ3n) is 4.47. The summed E-state index contributed by atoms with van der Waals surface area (Å²) in [5.74, 6) is -2.30. The topological polar surface area (TPSA) is 92.8 Å². The highest BCUT2D eigenvalue weighted by atomic mass is 16.5. The van der Waals surface area contributed by atoms with Crippen LogP contribution in [0.3, 0.4) is 0 Å². The number of anilines is 1. The number of hydrogen-bond acceptors (Lipinski definition) is 5. The zero-order chi connectivity index (χ0) is 18.0. The Morgan fingerprint density at radius 1 is 1.16 bits per heavy atom. The zero-order valence-electron chi connectivity index (χ0n) is 13.7. The molecule has 1 N–H and O–H groups in total. The van der Waals surface area contributed by atoms with Gasteiger partial charge >= 0.3 is 5.97 Å². The number of carbonyl (C=O) groups is 4. The molecule has 1 aromatic rings. The number of esters is 1. The molecule has 0 unspecified atom stereocenters. The van der Waals surface area contributed by atoms with Crippen LogP contribution in [0.1, 0.15) is 23.2 Å². The van der Waals surface area contributed by atoms with Crippen molar-refractivity contribution in [3.63, 3.8) is 0 Å². The van der Waals surface area contributed by atoms with Gasteiger partial charge in [-0.05, 0) is 31.0 Å². The fraction of sp³-hybridized carbons (Fsp3) is 0.333. The first-order valence-corrected chi connectivity index (χ1v) is 7.99. The standard InChI is InChI=1S/C18H18N2O5/c1-25-18(24)11-5-4-6-12(9-11)19-15(21)10-20-16(22)13-7-2-3-8-14(13)17(20)23/h2-6,9,13-14H,7-8,10H2,1H3,(H,19,21)/t13-,14-/m1/s1. The predicted octanol–water partition coefficient (Wildman–Crippen LogP) is 1.36. The van der Waals surface area contributed by atoms with Crippen molar-refractivity contribution < 1.29 is 23.9 Å². The Hall–Kier alpha value is -2.96. The Kier molecular flexibility index (Phi) is 4.65. The van der Waals surface area contributed by atoms with E-state index in [1.165, 1.54) is 13.2 Å². The van der Waals surface area contributed by atoms with E-state index in [-0.39, 0.29) is 30.2 Å². The smallest absolute Gasteiger partial charge is 0.337 e. The number of methoxy groups -OCH3 is 1. The Bertz CT molecular complexity index is 744. The summed E-state index contributed by atoms with van der Waals surface area (Å²) >= 11 is 0. The lowest BCUT2D eigenvalue weighted by molar-refractivity contribution is -0.142. The van der Waals surface area contributed by atoms with Gasteiger partial charge in [0.05, 0.1) is 24.5 Å². The first-order chi connectivity index (χ1) is 12.0. The number of imide groups is 1. The molecule has 0 bridgehead atoms. The van der Waals surface area contributed by atoms with Crippen LogP contribution in [-0.2, 0) is 19.1 Å². The lowest BCUT2D eigenvalue weighted by atomic mass is 9.85. The number of benzene rings is 1. The van der Waals surface area contributed by atoms with E-state index in [1.807, 2.05) is 12.2 Å². The van der Waals surface area contributed by atoms with Gasteiger partial charge in [0.2, 0.25) is 17.7 Å². The molecule has 1 heterocycles. The third-order valence-corrected chi connectivity index (χ3v) is 4.47. The average Bonchev–Trinajstić information content (AvgIpc) is 2.86. The molecule has 0 saturated carbocycles. The lowest BCUT2D eigenvalue weighted by Gasteiger charge is -2.14. The maximum atomic E-state index is 12.4. The minimum Gasteiger partial charge on any atom is -0.465 e. The van der Waals surface area contributed by atoms with E-state index in [0.717, 1.165) is 4.90 Å². The third kappa shape index (κ3) is 3.31. The van der Waals surface area contributed by atoms with Crippen LogP contribution in [0.5, 0.6) is 0 Å². The summed E-state index contributed by atoms with van der Waals surface area (Å²) in [6, 6.07) is 6.25. The highest BCUT2D eigenvalue weighted by Gasteiger charge is 2.47. The molecular weight excluding hydrogens is 324 g/mol. The fourth-order valence-corrected chi connectivity index (χ4v) is 3.21. The molecule has 130 valence electrons. The molecule has 1 fully saturated rings. The number of fused-ring (bicyclic) bond motifs is 1. The number of rotatable bonds is 4. The number of nitrogens with zero attached hydrogens (tertiary/aromatic N) is 1. The van der Waals surface area contributed by atoms with E-state index in [9.17, 15) is 19.2 Å². The van der Waals surface area contributed by atoms with Crippen molar-refractivity contribution in [1.82, 2.24) is 4.90 Å². The Morgan fingerprint density at radius 3 is 2.40 bits per heavy atom. The molecule has 1 aliphatic carbocycles. The highest BCUT2D eigenvalue weighted by Crippen LogP contribution is 2.34. The van der Waals surface area contributed by atoms with E-state index in [1.54, 1.807) is 18.2 Å². The molecule has 25 heavy (non-hydrogen) atoms. The van der Waals surface area contributed by atoms with Gasteiger partial charge in [0.15, 0.2) is 0 Å². The molecule has 0 radical (unpaired) electrons. The molecule has 1 aromatic carbocycles.